The minimum absolute atomic E-state index is 0.254. The fourth-order valence-corrected chi connectivity index (χ4v) is 7.87. The molecule has 40 heavy (non-hydrogen) atoms. The van der Waals surface area contributed by atoms with E-state index in [1.54, 1.807) is 36.1 Å². The van der Waals surface area contributed by atoms with E-state index in [0.29, 0.717) is 42.4 Å². The first-order valence-electron chi connectivity index (χ1n) is 13.8. The molecule has 0 aliphatic carbocycles. The van der Waals surface area contributed by atoms with Gasteiger partial charge in [-0.3, -0.25) is 14.7 Å². The molecule has 1 saturated heterocycles. The zero-order chi connectivity index (χ0) is 28.1. The number of amides is 1. The van der Waals surface area contributed by atoms with Crippen molar-refractivity contribution in [3.8, 4) is 11.5 Å². The number of carbonyl (C=O) groups is 1. The molecule has 212 valence electrons. The molecule has 0 bridgehead atoms. The summed E-state index contributed by atoms with van der Waals surface area (Å²) in [5.74, 6) is 0.357. The fraction of sp³-hybridized carbons (Fsp3) is 0.429. The molecule has 0 saturated carbocycles. The number of thiophene rings is 1. The van der Waals surface area contributed by atoms with Crippen molar-refractivity contribution in [2.45, 2.75) is 56.3 Å². The van der Waals surface area contributed by atoms with Gasteiger partial charge in [-0.15, -0.1) is 11.3 Å². The Morgan fingerprint density at radius 3 is 2.73 bits per heavy atom. The van der Waals surface area contributed by atoms with E-state index in [2.05, 4.69) is 31.7 Å². The van der Waals surface area contributed by atoms with Gasteiger partial charge in [0.2, 0.25) is 5.91 Å². The van der Waals surface area contributed by atoms with Gasteiger partial charge in [-0.1, -0.05) is 32.3 Å². The number of anilines is 1. The van der Waals surface area contributed by atoms with Gasteiger partial charge in [-0.05, 0) is 49.5 Å². The highest BCUT2D eigenvalue weighted by molar-refractivity contribution is 7.91. The third-order valence-corrected chi connectivity index (χ3v) is 10.5. The van der Waals surface area contributed by atoms with Gasteiger partial charge in [0.05, 0.1) is 17.2 Å². The molecule has 10 nitrogen and oxygen atoms in total. The monoisotopic (exact) mass is 581 g/mol. The van der Waals surface area contributed by atoms with E-state index in [-0.39, 0.29) is 16.7 Å². The molecular weight excluding hydrogens is 546 g/mol. The summed E-state index contributed by atoms with van der Waals surface area (Å²) in [7, 11) is -3.79. The summed E-state index contributed by atoms with van der Waals surface area (Å²) < 4.78 is 30.7. The molecule has 1 atom stereocenters. The number of carbonyl (C=O) groups excluding carboxylic acids is 1. The lowest BCUT2D eigenvalue weighted by atomic mass is 10.1. The molecule has 1 aromatic carbocycles. The maximum Gasteiger partial charge on any atom is 0.253 e. The Morgan fingerprint density at radius 1 is 1.12 bits per heavy atom. The van der Waals surface area contributed by atoms with Crippen LogP contribution in [0.5, 0.6) is 0 Å². The number of piperazine rings is 1. The number of benzene rings is 1. The van der Waals surface area contributed by atoms with Gasteiger partial charge in [0.1, 0.15) is 15.9 Å². The Morgan fingerprint density at radius 2 is 2.00 bits per heavy atom. The lowest BCUT2D eigenvalue weighted by molar-refractivity contribution is -0.121. The number of fused-ring (bicyclic) bond motifs is 1. The molecule has 3 aromatic heterocycles. The van der Waals surface area contributed by atoms with Crippen molar-refractivity contribution in [3.63, 3.8) is 0 Å². The Bertz CT molecular complexity index is 1540. The molecule has 0 spiro atoms. The summed E-state index contributed by atoms with van der Waals surface area (Å²) in [5, 5.41) is 4.73. The number of sulfonamides is 1. The van der Waals surface area contributed by atoms with Crippen molar-refractivity contribution in [2.75, 3.05) is 31.5 Å². The SMILES string of the molecule is CCCCCCN1CCN(S(=O)(=O)c2cccs2)[C@H](C(=O)Nc2ccc3c(c2)nc(-c2cnccn2)n3CC)C1. The Balaban J connectivity index is 1.40. The van der Waals surface area contributed by atoms with Crippen molar-refractivity contribution in [2.24, 2.45) is 0 Å². The molecule has 4 aromatic rings. The maximum absolute atomic E-state index is 13.7. The summed E-state index contributed by atoms with van der Waals surface area (Å²) in [5.41, 5.74) is 2.86. The number of rotatable bonds is 11. The van der Waals surface area contributed by atoms with Gasteiger partial charge in [0, 0.05) is 44.3 Å². The number of aromatic nitrogens is 4. The number of unbranched alkanes of at least 4 members (excludes halogenated alkanes) is 3. The smallest absolute Gasteiger partial charge is 0.253 e. The zero-order valence-corrected chi connectivity index (χ0v) is 24.5. The summed E-state index contributed by atoms with van der Waals surface area (Å²) >= 11 is 1.17. The molecule has 1 amide bonds. The van der Waals surface area contributed by atoms with Crippen LogP contribution in [0.25, 0.3) is 22.6 Å². The van der Waals surface area contributed by atoms with E-state index in [9.17, 15) is 13.2 Å². The van der Waals surface area contributed by atoms with E-state index >= 15 is 0 Å². The quantitative estimate of drug-likeness (QED) is 0.260. The standard InChI is InChI=1S/C28H35N7O3S2/c1-3-5-6-7-14-33-15-16-35(40(37,38)26-9-8-17-39-26)25(20-33)28(36)31-21-10-11-24-22(18-21)32-27(34(24)4-2)23-19-29-12-13-30-23/h8-13,17-19,25H,3-7,14-16,20H2,1-2H3,(H,31,36)/t25-/m0/s1. The van der Waals surface area contributed by atoms with Crippen LogP contribution in [0.3, 0.4) is 0 Å². The molecular formula is C28H35N7O3S2. The van der Waals surface area contributed by atoms with Crippen LogP contribution < -0.4 is 5.32 Å². The van der Waals surface area contributed by atoms with E-state index in [1.807, 2.05) is 25.1 Å². The van der Waals surface area contributed by atoms with Crippen LogP contribution in [0.1, 0.15) is 39.5 Å². The second kappa shape index (κ2) is 12.5. The van der Waals surface area contributed by atoms with Crippen LogP contribution in [0, 0.1) is 0 Å². The van der Waals surface area contributed by atoms with Gasteiger partial charge in [0.15, 0.2) is 5.82 Å². The molecule has 1 aliphatic heterocycles. The van der Waals surface area contributed by atoms with Gasteiger partial charge in [-0.2, -0.15) is 4.31 Å². The molecule has 4 heterocycles. The van der Waals surface area contributed by atoms with Crippen molar-refractivity contribution < 1.29 is 13.2 Å². The van der Waals surface area contributed by atoms with Crippen molar-refractivity contribution in [1.82, 2.24) is 28.7 Å². The second-order valence-corrected chi connectivity index (χ2v) is 13.0. The topological polar surface area (TPSA) is 113 Å². The average Bonchev–Trinajstić information content (AvgIpc) is 3.64. The van der Waals surface area contributed by atoms with Gasteiger partial charge >= 0.3 is 0 Å². The van der Waals surface area contributed by atoms with Gasteiger partial charge in [0.25, 0.3) is 10.0 Å². The zero-order valence-electron chi connectivity index (χ0n) is 22.9. The normalized spacial score (nSPS) is 16.9. The first-order chi connectivity index (χ1) is 19.4. The molecule has 0 radical (unpaired) electrons. The summed E-state index contributed by atoms with van der Waals surface area (Å²) in [6, 6.07) is 8.05. The van der Waals surface area contributed by atoms with Crippen molar-refractivity contribution >= 4 is 44.0 Å². The van der Waals surface area contributed by atoms with Crippen LogP contribution in [0.2, 0.25) is 0 Å². The molecule has 1 aliphatic rings. The number of hydrogen-bond acceptors (Lipinski definition) is 8. The number of nitrogens with zero attached hydrogens (tertiary/aromatic N) is 6. The lowest BCUT2D eigenvalue weighted by Crippen LogP contribution is -2.59. The fourth-order valence-electron chi connectivity index (χ4n) is 5.18. The van der Waals surface area contributed by atoms with E-state index in [0.717, 1.165) is 31.3 Å². The highest BCUT2D eigenvalue weighted by Gasteiger charge is 2.40. The van der Waals surface area contributed by atoms with E-state index in [4.69, 9.17) is 4.98 Å². The highest BCUT2D eigenvalue weighted by atomic mass is 32.2. The average molecular weight is 582 g/mol. The molecule has 5 rings (SSSR count). The summed E-state index contributed by atoms with van der Waals surface area (Å²) in [4.78, 5) is 29.3. The lowest BCUT2D eigenvalue weighted by Gasteiger charge is -2.39. The first kappa shape index (κ1) is 28.3. The largest absolute Gasteiger partial charge is 0.325 e. The Kier molecular flexibility index (Phi) is 8.89. The van der Waals surface area contributed by atoms with Crippen LogP contribution in [-0.4, -0.2) is 75.3 Å². The van der Waals surface area contributed by atoms with Gasteiger partial charge < -0.3 is 9.88 Å². The van der Waals surface area contributed by atoms with Crippen LogP contribution >= 0.6 is 11.3 Å². The third-order valence-electron chi connectivity index (χ3n) is 7.23. The first-order valence-corrected chi connectivity index (χ1v) is 16.1. The minimum atomic E-state index is -3.79. The Hall–Kier alpha value is -3.19. The highest BCUT2D eigenvalue weighted by Crippen LogP contribution is 2.28. The second-order valence-electron chi connectivity index (χ2n) is 9.89. The molecule has 1 N–H and O–H groups in total. The Labute approximate surface area is 239 Å². The van der Waals surface area contributed by atoms with Gasteiger partial charge in [-0.25, -0.2) is 18.4 Å². The number of hydrogen-bond donors (Lipinski definition) is 1. The third kappa shape index (κ3) is 5.95. The van der Waals surface area contributed by atoms with E-state index < -0.39 is 16.1 Å². The summed E-state index contributed by atoms with van der Waals surface area (Å²) in [6.45, 7) is 6.99. The predicted octanol–water partition coefficient (Wildman–Crippen LogP) is 4.47. The molecule has 12 heteroatoms. The number of nitrogens with one attached hydrogen (secondary N) is 1. The molecule has 0 unspecified atom stereocenters. The van der Waals surface area contributed by atoms with Crippen LogP contribution in [0.4, 0.5) is 5.69 Å². The number of aryl methyl sites for hydroxylation is 1. The van der Waals surface area contributed by atoms with Crippen LogP contribution in [-0.2, 0) is 21.4 Å². The van der Waals surface area contributed by atoms with Crippen LogP contribution in [0.15, 0.2) is 58.5 Å². The predicted molar refractivity (Wildman–Crippen MR) is 158 cm³/mol. The molecule has 1 fully saturated rings. The maximum atomic E-state index is 13.7. The minimum Gasteiger partial charge on any atom is -0.325 e. The summed E-state index contributed by atoms with van der Waals surface area (Å²) in [6.07, 6.45) is 9.41. The van der Waals surface area contributed by atoms with E-state index in [1.165, 1.54) is 22.1 Å². The van der Waals surface area contributed by atoms with Crippen molar-refractivity contribution in [1.29, 1.82) is 0 Å². The number of imidazole rings is 1. The van der Waals surface area contributed by atoms with Crippen molar-refractivity contribution in [3.05, 3.63) is 54.3 Å².